The van der Waals surface area contributed by atoms with Crippen molar-refractivity contribution in [2.24, 2.45) is 0 Å². The van der Waals surface area contributed by atoms with Crippen molar-refractivity contribution in [3.05, 3.63) is 29.8 Å². The summed E-state index contributed by atoms with van der Waals surface area (Å²) in [5, 5.41) is 2.75. The Hall–Kier alpha value is -1.84. The molecule has 0 radical (unpaired) electrons. The Labute approximate surface area is 107 Å². The molecule has 1 N–H and O–H groups in total. The van der Waals surface area contributed by atoms with E-state index < -0.39 is 0 Å². The zero-order valence-corrected chi connectivity index (χ0v) is 10.6. The van der Waals surface area contributed by atoms with Crippen LogP contribution in [0.3, 0.4) is 0 Å². The highest BCUT2D eigenvalue weighted by Gasteiger charge is 2.20. The standard InChI is InChI=1S/C14H18N2O2/c1-11-5-4-6-12(9-11)15-13(17)10-14(18)16-7-2-3-8-16/h4-6,9H,2-3,7-8,10H2,1H3,(H,15,17). The molecule has 0 bridgehead atoms. The molecule has 0 saturated carbocycles. The lowest BCUT2D eigenvalue weighted by Crippen LogP contribution is -2.31. The second kappa shape index (κ2) is 5.67. The Balaban J connectivity index is 1.86. The van der Waals surface area contributed by atoms with Gasteiger partial charge in [-0.05, 0) is 37.5 Å². The molecule has 1 saturated heterocycles. The van der Waals surface area contributed by atoms with Crippen molar-refractivity contribution in [1.82, 2.24) is 4.90 Å². The summed E-state index contributed by atoms with van der Waals surface area (Å²) in [5.74, 6) is -0.310. The van der Waals surface area contributed by atoms with Gasteiger partial charge in [0.25, 0.3) is 0 Å². The van der Waals surface area contributed by atoms with Crippen LogP contribution in [0.25, 0.3) is 0 Å². The average molecular weight is 246 g/mol. The zero-order chi connectivity index (χ0) is 13.0. The van der Waals surface area contributed by atoms with Gasteiger partial charge in [-0.1, -0.05) is 12.1 Å². The van der Waals surface area contributed by atoms with Gasteiger partial charge in [0.15, 0.2) is 0 Å². The summed E-state index contributed by atoms with van der Waals surface area (Å²) in [4.78, 5) is 25.3. The minimum Gasteiger partial charge on any atom is -0.342 e. The van der Waals surface area contributed by atoms with Gasteiger partial charge in [0.1, 0.15) is 6.42 Å². The van der Waals surface area contributed by atoms with E-state index >= 15 is 0 Å². The smallest absolute Gasteiger partial charge is 0.233 e. The van der Waals surface area contributed by atoms with E-state index in [2.05, 4.69) is 5.32 Å². The molecule has 2 amide bonds. The number of hydrogen-bond acceptors (Lipinski definition) is 2. The van der Waals surface area contributed by atoms with Gasteiger partial charge in [0.05, 0.1) is 0 Å². The van der Waals surface area contributed by atoms with E-state index in [1.807, 2.05) is 31.2 Å². The van der Waals surface area contributed by atoms with E-state index in [1.165, 1.54) is 0 Å². The fourth-order valence-corrected chi connectivity index (χ4v) is 2.14. The van der Waals surface area contributed by atoms with Gasteiger partial charge in [-0.3, -0.25) is 9.59 Å². The summed E-state index contributed by atoms with van der Waals surface area (Å²) in [7, 11) is 0. The Morgan fingerprint density at radius 2 is 2.00 bits per heavy atom. The molecular formula is C14H18N2O2. The number of aryl methyl sites for hydroxylation is 1. The first kappa shape index (κ1) is 12.6. The lowest BCUT2D eigenvalue weighted by atomic mass is 10.2. The minimum absolute atomic E-state index is 0.0616. The monoisotopic (exact) mass is 246 g/mol. The van der Waals surface area contributed by atoms with Crippen molar-refractivity contribution in [2.45, 2.75) is 26.2 Å². The second-order valence-corrected chi connectivity index (χ2v) is 4.68. The maximum atomic E-state index is 11.8. The molecule has 18 heavy (non-hydrogen) atoms. The highest BCUT2D eigenvalue weighted by molar-refractivity contribution is 6.03. The van der Waals surface area contributed by atoms with E-state index in [0.717, 1.165) is 37.2 Å². The fourth-order valence-electron chi connectivity index (χ4n) is 2.14. The number of hydrogen-bond donors (Lipinski definition) is 1. The molecule has 1 heterocycles. The number of benzene rings is 1. The van der Waals surface area contributed by atoms with Crippen molar-refractivity contribution in [3.63, 3.8) is 0 Å². The summed E-state index contributed by atoms with van der Waals surface area (Å²) >= 11 is 0. The van der Waals surface area contributed by atoms with Gasteiger partial charge in [0.2, 0.25) is 11.8 Å². The lowest BCUT2D eigenvalue weighted by Gasteiger charge is -2.14. The minimum atomic E-state index is -0.238. The Kier molecular flexibility index (Phi) is 3.97. The highest BCUT2D eigenvalue weighted by Crippen LogP contribution is 2.12. The average Bonchev–Trinajstić information content (AvgIpc) is 2.81. The van der Waals surface area contributed by atoms with Crippen LogP contribution < -0.4 is 5.32 Å². The van der Waals surface area contributed by atoms with Crippen molar-refractivity contribution in [2.75, 3.05) is 18.4 Å². The van der Waals surface area contributed by atoms with Gasteiger partial charge in [-0.25, -0.2) is 0 Å². The number of carbonyl (C=O) groups excluding carboxylic acids is 2. The van der Waals surface area contributed by atoms with Crippen LogP contribution in [0.5, 0.6) is 0 Å². The highest BCUT2D eigenvalue weighted by atomic mass is 16.2. The third-order valence-corrected chi connectivity index (χ3v) is 3.07. The molecule has 0 spiro atoms. The van der Waals surface area contributed by atoms with Crippen LogP contribution in [0.15, 0.2) is 24.3 Å². The molecule has 4 nitrogen and oxygen atoms in total. The molecule has 0 aromatic heterocycles. The van der Waals surface area contributed by atoms with Crippen molar-refractivity contribution in [3.8, 4) is 0 Å². The quantitative estimate of drug-likeness (QED) is 0.829. The van der Waals surface area contributed by atoms with Crippen LogP contribution in [0.4, 0.5) is 5.69 Å². The van der Waals surface area contributed by atoms with Crippen molar-refractivity contribution >= 4 is 17.5 Å². The number of likely N-dealkylation sites (tertiary alicyclic amines) is 1. The Bertz CT molecular complexity index is 451. The van der Waals surface area contributed by atoms with E-state index in [1.54, 1.807) is 4.90 Å². The first-order valence-electron chi connectivity index (χ1n) is 6.29. The molecule has 1 fully saturated rings. The third-order valence-electron chi connectivity index (χ3n) is 3.07. The van der Waals surface area contributed by atoms with Gasteiger partial charge in [0, 0.05) is 18.8 Å². The number of amides is 2. The molecule has 0 aliphatic carbocycles. The third kappa shape index (κ3) is 3.32. The van der Waals surface area contributed by atoms with E-state index in [9.17, 15) is 9.59 Å². The van der Waals surface area contributed by atoms with Gasteiger partial charge in [-0.15, -0.1) is 0 Å². The largest absolute Gasteiger partial charge is 0.342 e. The molecule has 0 atom stereocenters. The van der Waals surface area contributed by atoms with Crippen LogP contribution >= 0.6 is 0 Å². The Morgan fingerprint density at radius 1 is 1.28 bits per heavy atom. The molecule has 1 aromatic carbocycles. The molecule has 0 unspecified atom stereocenters. The number of nitrogens with zero attached hydrogens (tertiary/aromatic N) is 1. The summed E-state index contributed by atoms with van der Waals surface area (Å²) in [6, 6.07) is 7.56. The van der Waals surface area contributed by atoms with Crippen LogP contribution in [0, 0.1) is 6.92 Å². The SMILES string of the molecule is Cc1cccc(NC(=O)CC(=O)N2CCCC2)c1. The molecular weight excluding hydrogens is 228 g/mol. The first-order valence-corrected chi connectivity index (χ1v) is 6.29. The lowest BCUT2D eigenvalue weighted by molar-refractivity contribution is -0.133. The van der Waals surface area contributed by atoms with Crippen LogP contribution in [0.2, 0.25) is 0 Å². The van der Waals surface area contributed by atoms with Gasteiger partial charge < -0.3 is 10.2 Å². The number of carbonyl (C=O) groups is 2. The normalized spacial score (nSPS) is 14.6. The van der Waals surface area contributed by atoms with E-state index in [4.69, 9.17) is 0 Å². The number of rotatable bonds is 3. The summed E-state index contributed by atoms with van der Waals surface area (Å²) in [6.45, 7) is 3.54. The molecule has 96 valence electrons. The van der Waals surface area contributed by atoms with Crippen LogP contribution in [0.1, 0.15) is 24.8 Å². The number of anilines is 1. The van der Waals surface area contributed by atoms with Crippen LogP contribution in [-0.2, 0) is 9.59 Å². The number of nitrogens with one attached hydrogen (secondary N) is 1. The topological polar surface area (TPSA) is 49.4 Å². The molecule has 4 heteroatoms. The Morgan fingerprint density at radius 3 is 2.67 bits per heavy atom. The predicted octanol–water partition coefficient (Wildman–Crippen LogP) is 1.95. The molecule has 2 rings (SSSR count). The van der Waals surface area contributed by atoms with Crippen molar-refractivity contribution < 1.29 is 9.59 Å². The zero-order valence-electron chi connectivity index (χ0n) is 10.6. The summed E-state index contributed by atoms with van der Waals surface area (Å²) in [5.41, 5.74) is 1.83. The molecule has 1 aliphatic rings. The van der Waals surface area contributed by atoms with E-state index in [-0.39, 0.29) is 18.2 Å². The van der Waals surface area contributed by atoms with E-state index in [0.29, 0.717) is 0 Å². The van der Waals surface area contributed by atoms with Crippen molar-refractivity contribution in [1.29, 1.82) is 0 Å². The first-order chi connectivity index (χ1) is 8.65. The second-order valence-electron chi connectivity index (χ2n) is 4.68. The summed E-state index contributed by atoms with van der Waals surface area (Å²) in [6.07, 6.45) is 2.03. The summed E-state index contributed by atoms with van der Waals surface area (Å²) < 4.78 is 0. The molecule has 1 aromatic rings. The maximum absolute atomic E-state index is 11.8. The fraction of sp³-hybridized carbons (Fsp3) is 0.429. The van der Waals surface area contributed by atoms with Gasteiger partial charge >= 0.3 is 0 Å². The molecule has 1 aliphatic heterocycles. The predicted molar refractivity (Wildman–Crippen MR) is 70.2 cm³/mol. The van der Waals surface area contributed by atoms with Gasteiger partial charge in [-0.2, -0.15) is 0 Å². The maximum Gasteiger partial charge on any atom is 0.233 e. The van der Waals surface area contributed by atoms with Crippen LogP contribution in [-0.4, -0.2) is 29.8 Å².